The number of fused-ring (bicyclic) bond motifs is 2. The normalized spacial score (nSPS) is 12.9. The smallest absolute Gasteiger partial charge is 0.213 e. The molecule has 2 unspecified atom stereocenters. The maximum absolute atomic E-state index is 11.7. The van der Waals surface area contributed by atoms with Crippen LogP contribution >= 0.6 is 23.5 Å². The number of imidazole rings is 2. The van der Waals surface area contributed by atoms with Gasteiger partial charge in [0.25, 0.3) is 0 Å². The van der Waals surface area contributed by atoms with Gasteiger partial charge in [-0.05, 0) is 72.7 Å². The van der Waals surface area contributed by atoms with E-state index in [1.165, 1.54) is 0 Å². The van der Waals surface area contributed by atoms with Crippen LogP contribution in [0.1, 0.15) is 24.4 Å². The standard InChI is InChI=1S/C35H38N6OS2/c1-38(26-14-6-4-7-15-26)34-36-28-18-10-12-20-30(28)40(34)32(42)22-25-44-33(23-24-43-3)41-31-21-13-11-19-29(31)37-35(41)39(2)27-16-8-5-9-17-27/h4-21,32-33,42H,22-25H2,1-3H3. The average molecular weight is 623 g/mol. The number of para-hydroxylation sites is 6. The van der Waals surface area contributed by atoms with E-state index in [1.54, 1.807) is 0 Å². The molecule has 0 aliphatic heterocycles. The molecule has 7 nitrogen and oxygen atoms in total. The topological polar surface area (TPSA) is 62.4 Å². The lowest BCUT2D eigenvalue weighted by Gasteiger charge is -2.27. The molecule has 1 N–H and O–H groups in total. The Balaban J connectivity index is 1.29. The van der Waals surface area contributed by atoms with Crippen LogP contribution in [0.4, 0.5) is 23.3 Å². The minimum atomic E-state index is -0.733. The number of hydrogen-bond acceptors (Lipinski definition) is 7. The molecule has 4 aromatic carbocycles. The highest BCUT2D eigenvalue weighted by Gasteiger charge is 2.25. The van der Waals surface area contributed by atoms with Crippen LogP contribution in [-0.2, 0) is 0 Å². The Labute approximate surface area is 267 Å². The van der Waals surface area contributed by atoms with Crippen molar-refractivity contribution in [3.63, 3.8) is 0 Å². The molecular weight excluding hydrogens is 585 g/mol. The summed E-state index contributed by atoms with van der Waals surface area (Å²) in [5.74, 6) is 3.44. The quantitative estimate of drug-likeness (QED) is 0.139. The van der Waals surface area contributed by atoms with Gasteiger partial charge in [-0.25, -0.2) is 9.97 Å². The third kappa shape index (κ3) is 6.18. The van der Waals surface area contributed by atoms with Gasteiger partial charge < -0.3 is 14.9 Å². The number of rotatable bonds is 13. The monoisotopic (exact) mass is 622 g/mol. The molecule has 44 heavy (non-hydrogen) atoms. The third-order valence-electron chi connectivity index (χ3n) is 7.88. The van der Waals surface area contributed by atoms with Crippen molar-refractivity contribution in [1.82, 2.24) is 19.1 Å². The molecule has 0 spiro atoms. The molecule has 9 heteroatoms. The van der Waals surface area contributed by atoms with Crippen molar-refractivity contribution in [2.45, 2.75) is 24.4 Å². The number of thioether (sulfide) groups is 2. The fourth-order valence-corrected chi connectivity index (χ4v) is 7.46. The van der Waals surface area contributed by atoms with Gasteiger partial charge in [0.1, 0.15) is 6.23 Å². The van der Waals surface area contributed by atoms with Crippen LogP contribution in [0.2, 0.25) is 0 Å². The van der Waals surface area contributed by atoms with E-state index in [0.29, 0.717) is 6.42 Å². The maximum Gasteiger partial charge on any atom is 0.213 e. The van der Waals surface area contributed by atoms with E-state index in [-0.39, 0.29) is 5.37 Å². The average Bonchev–Trinajstić information content (AvgIpc) is 3.66. The zero-order valence-corrected chi connectivity index (χ0v) is 27.0. The largest absolute Gasteiger partial charge is 0.373 e. The summed E-state index contributed by atoms with van der Waals surface area (Å²) < 4.78 is 4.36. The first-order valence-corrected chi connectivity index (χ1v) is 17.3. The zero-order valence-electron chi connectivity index (χ0n) is 25.3. The van der Waals surface area contributed by atoms with Gasteiger partial charge in [0.15, 0.2) is 0 Å². The Morgan fingerprint density at radius 3 is 1.66 bits per heavy atom. The molecule has 0 saturated carbocycles. The molecule has 2 heterocycles. The van der Waals surface area contributed by atoms with Crippen LogP contribution in [0.15, 0.2) is 109 Å². The predicted octanol–water partition coefficient (Wildman–Crippen LogP) is 8.49. The summed E-state index contributed by atoms with van der Waals surface area (Å²) in [4.78, 5) is 14.2. The van der Waals surface area contributed by atoms with E-state index in [0.717, 1.165) is 63.3 Å². The molecule has 6 rings (SSSR count). The summed E-state index contributed by atoms with van der Waals surface area (Å²) in [6, 6.07) is 36.9. The zero-order chi connectivity index (χ0) is 30.5. The lowest BCUT2D eigenvalue weighted by Crippen LogP contribution is -2.20. The van der Waals surface area contributed by atoms with Crippen molar-refractivity contribution < 1.29 is 5.11 Å². The van der Waals surface area contributed by atoms with Crippen molar-refractivity contribution in [3.8, 4) is 0 Å². The van der Waals surface area contributed by atoms with E-state index in [1.807, 2.05) is 94.6 Å². The van der Waals surface area contributed by atoms with Crippen molar-refractivity contribution >= 4 is 68.9 Å². The van der Waals surface area contributed by atoms with Crippen molar-refractivity contribution in [1.29, 1.82) is 0 Å². The Hall–Kier alpha value is -3.92. The van der Waals surface area contributed by atoms with Crippen LogP contribution in [0, 0.1) is 0 Å². The molecule has 0 amide bonds. The number of benzene rings is 4. The van der Waals surface area contributed by atoms with E-state index in [9.17, 15) is 5.11 Å². The van der Waals surface area contributed by atoms with E-state index in [4.69, 9.17) is 9.97 Å². The van der Waals surface area contributed by atoms with Crippen molar-refractivity contribution in [2.24, 2.45) is 0 Å². The summed E-state index contributed by atoms with van der Waals surface area (Å²) in [5, 5.41) is 11.9. The minimum Gasteiger partial charge on any atom is -0.373 e. The summed E-state index contributed by atoms with van der Waals surface area (Å²) in [6.07, 6.45) is 2.98. The third-order valence-corrected chi connectivity index (χ3v) is 9.83. The lowest BCUT2D eigenvalue weighted by atomic mass is 10.3. The summed E-state index contributed by atoms with van der Waals surface area (Å²) in [6.45, 7) is 0. The van der Waals surface area contributed by atoms with Gasteiger partial charge in [0.2, 0.25) is 11.9 Å². The van der Waals surface area contributed by atoms with Gasteiger partial charge in [-0.15, -0.1) is 11.8 Å². The van der Waals surface area contributed by atoms with Crippen LogP contribution in [0.5, 0.6) is 0 Å². The fourth-order valence-electron chi connectivity index (χ4n) is 5.59. The highest BCUT2D eigenvalue weighted by atomic mass is 32.2. The molecule has 226 valence electrons. The highest BCUT2D eigenvalue weighted by Crippen LogP contribution is 2.39. The van der Waals surface area contributed by atoms with E-state index >= 15 is 0 Å². The molecule has 2 atom stereocenters. The van der Waals surface area contributed by atoms with Crippen LogP contribution in [0.25, 0.3) is 22.1 Å². The van der Waals surface area contributed by atoms with E-state index in [2.05, 4.69) is 77.4 Å². The summed E-state index contributed by atoms with van der Waals surface area (Å²) >= 11 is 3.74. The second-order valence-corrected chi connectivity index (χ2v) is 13.0. The second kappa shape index (κ2) is 13.8. The van der Waals surface area contributed by atoms with Gasteiger partial charge in [-0.3, -0.25) is 9.13 Å². The maximum atomic E-state index is 11.7. The number of nitrogens with zero attached hydrogens (tertiary/aromatic N) is 6. The number of hydrogen-bond donors (Lipinski definition) is 1. The molecular formula is C35H38N6OS2. The summed E-state index contributed by atoms with van der Waals surface area (Å²) in [5.41, 5.74) is 6.01. The van der Waals surface area contributed by atoms with Gasteiger partial charge in [0, 0.05) is 31.9 Å². The van der Waals surface area contributed by atoms with E-state index < -0.39 is 6.23 Å². The first kappa shape index (κ1) is 30.1. The molecule has 0 aliphatic carbocycles. The Kier molecular flexibility index (Phi) is 9.45. The number of aliphatic hydroxyl groups excluding tert-OH is 1. The molecule has 2 aromatic heterocycles. The van der Waals surface area contributed by atoms with Gasteiger partial charge in [-0.1, -0.05) is 60.7 Å². The molecule has 0 aliphatic rings. The Bertz CT molecular complexity index is 1810. The van der Waals surface area contributed by atoms with Crippen LogP contribution in [-0.4, -0.2) is 56.1 Å². The molecule has 0 radical (unpaired) electrons. The number of aromatic nitrogens is 4. The van der Waals surface area contributed by atoms with Crippen molar-refractivity contribution in [3.05, 3.63) is 109 Å². The van der Waals surface area contributed by atoms with Crippen molar-refractivity contribution in [2.75, 3.05) is 41.7 Å². The lowest BCUT2D eigenvalue weighted by molar-refractivity contribution is 0.107. The predicted molar refractivity (Wildman–Crippen MR) is 189 cm³/mol. The SMILES string of the molecule is CSCCC(SCCC(O)n1c(N(C)c2ccccc2)nc2ccccc21)n1c(N(C)c2ccccc2)nc2ccccc21. The molecule has 0 fully saturated rings. The van der Waals surface area contributed by atoms with Gasteiger partial charge in [-0.2, -0.15) is 11.8 Å². The Morgan fingerprint density at radius 2 is 1.11 bits per heavy atom. The van der Waals surface area contributed by atoms with Gasteiger partial charge >= 0.3 is 0 Å². The fraction of sp³-hybridized carbons (Fsp3) is 0.257. The molecule has 0 bridgehead atoms. The highest BCUT2D eigenvalue weighted by molar-refractivity contribution is 7.99. The van der Waals surface area contributed by atoms with Crippen LogP contribution in [0.3, 0.4) is 0 Å². The first-order chi connectivity index (χ1) is 21.6. The van der Waals surface area contributed by atoms with Gasteiger partial charge in [0.05, 0.1) is 27.4 Å². The minimum absolute atomic E-state index is 0.147. The second-order valence-electron chi connectivity index (χ2n) is 10.7. The number of anilines is 4. The molecule has 0 saturated heterocycles. The van der Waals surface area contributed by atoms with Crippen LogP contribution < -0.4 is 9.80 Å². The molecule has 6 aromatic rings. The summed E-state index contributed by atoms with van der Waals surface area (Å²) in [7, 11) is 4.09. The first-order valence-electron chi connectivity index (χ1n) is 14.9. The Morgan fingerprint density at radius 1 is 0.636 bits per heavy atom. The number of aliphatic hydroxyl groups is 1.